The zero-order valence-corrected chi connectivity index (χ0v) is 11.4. The van der Waals surface area contributed by atoms with Crippen LogP contribution in [0.2, 0.25) is 0 Å². The fraction of sp³-hybridized carbons (Fsp3) is 1.00. The number of hydrogen-bond donors (Lipinski definition) is 1. The maximum absolute atomic E-state index is 5.71. The lowest BCUT2D eigenvalue weighted by Crippen LogP contribution is -2.57. The van der Waals surface area contributed by atoms with E-state index in [4.69, 9.17) is 9.47 Å². The zero-order valence-electron chi connectivity index (χ0n) is 11.4. The highest BCUT2D eigenvalue weighted by atomic mass is 16.5. The summed E-state index contributed by atoms with van der Waals surface area (Å²) in [6.07, 6.45) is 1.03. The van der Waals surface area contributed by atoms with Crippen LogP contribution in [0.5, 0.6) is 0 Å². The molecule has 4 heteroatoms. The number of ether oxygens (including phenoxy) is 2. The molecule has 2 saturated heterocycles. The van der Waals surface area contributed by atoms with Crippen LogP contribution in [0.25, 0.3) is 0 Å². The Morgan fingerprint density at radius 3 is 2.94 bits per heavy atom. The first-order chi connectivity index (χ1) is 8.15. The summed E-state index contributed by atoms with van der Waals surface area (Å²) in [5, 5.41) is 3.59. The van der Waals surface area contributed by atoms with E-state index in [1.807, 2.05) is 7.11 Å². The van der Waals surface area contributed by atoms with Crippen molar-refractivity contribution in [3.63, 3.8) is 0 Å². The number of nitrogens with zero attached hydrogens (tertiary/aromatic N) is 1. The van der Waals surface area contributed by atoms with Crippen LogP contribution >= 0.6 is 0 Å². The zero-order chi connectivity index (χ0) is 12.3. The third kappa shape index (κ3) is 3.19. The van der Waals surface area contributed by atoms with Gasteiger partial charge in [0, 0.05) is 52.4 Å². The minimum absolute atomic E-state index is 0.0567. The Bertz CT molecular complexity index is 240. The van der Waals surface area contributed by atoms with Crippen LogP contribution in [0.1, 0.15) is 20.3 Å². The van der Waals surface area contributed by atoms with Gasteiger partial charge >= 0.3 is 0 Å². The summed E-state index contributed by atoms with van der Waals surface area (Å²) in [7, 11) is 1.82. The van der Waals surface area contributed by atoms with E-state index in [0.29, 0.717) is 12.0 Å². The van der Waals surface area contributed by atoms with Crippen molar-refractivity contribution in [1.29, 1.82) is 0 Å². The molecule has 4 nitrogen and oxygen atoms in total. The topological polar surface area (TPSA) is 33.7 Å². The van der Waals surface area contributed by atoms with E-state index >= 15 is 0 Å². The van der Waals surface area contributed by atoms with Crippen molar-refractivity contribution in [2.24, 2.45) is 5.92 Å². The molecule has 2 heterocycles. The van der Waals surface area contributed by atoms with E-state index in [0.717, 1.165) is 45.8 Å². The van der Waals surface area contributed by atoms with Crippen molar-refractivity contribution < 1.29 is 9.47 Å². The molecule has 0 spiro atoms. The maximum Gasteiger partial charge on any atom is 0.106 e. The Balaban J connectivity index is 1.89. The van der Waals surface area contributed by atoms with Crippen molar-refractivity contribution in [3.8, 4) is 0 Å². The second kappa shape index (κ2) is 5.65. The first-order valence-electron chi connectivity index (χ1n) is 6.74. The molecule has 0 aliphatic carbocycles. The first-order valence-corrected chi connectivity index (χ1v) is 6.74. The molecule has 2 unspecified atom stereocenters. The average molecular weight is 242 g/mol. The predicted octanol–water partition coefficient (Wildman–Crippen LogP) is 0.722. The third-order valence-electron chi connectivity index (χ3n) is 4.11. The standard InChI is InChI=1S/C13H26N2O2/c1-11(2)12-8-15(6-5-14-12)9-13(16-3)4-7-17-10-13/h11-12,14H,4-10H2,1-3H3. The van der Waals surface area contributed by atoms with Gasteiger partial charge in [-0.25, -0.2) is 0 Å². The molecule has 0 bridgehead atoms. The predicted molar refractivity (Wildman–Crippen MR) is 68.2 cm³/mol. The fourth-order valence-electron chi connectivity index (χ4n) is 2.78. The SMILES string of the molecule is COC1(CN2CCNC(C(C)C)C2)CCOC1. The summed E-state index contributed by atoms with van der Waals surface area (Å²) in [6, 6.07) is 0.611. The van der Waals surface area contributed by atoms with Gasteiger partial charge in [-0.2, -0.15) is 0 Å². The van der Waals surface area contributed by atoms with Gasteiger partial charge in [-0.3, -0.25) is 4.90 Å². The molecule has 1 N–H and O–H groups in total. The summed E-state index contributed by atoms with van der Waals surface area (Å²) in [5.41, 5.74) is -0.0567. The molecular formula is C13H26N2O2. The summed E-state index contributed by atoms with van der Waals surface area (Å²) in [4.78, 5) is 2.53. The first kappa shape index (κ1) is 13.3. The van der Waals surface area contributed by atoms with Gasteiger partial charge in [0.25, 0.3) is 0 Å². The maximum atomic E-state index is 5.71. The van der Waals surface area contributed by atoms with Gasteiger partial charge in [-0.05, 0) is 5.92 Å². The quantitative estimate of drug-likeness (QED) is 0.788. The summed E-state index contributed by atoms with van der Waals surface area (Å²) >= 11 is 0. The molecule has 0 saturated carbocycles. The molecule has 2 aliphatic heterocycles. The lowest BCUT2D eigenvalue weighted by atomic mass is 9.98. The summed E-state index contributed by atoms with van der Waals surface area (Å²) in [5.74, 6) is 0.691. The number of rotatable bonds is 4. The van der Waals surface area contributed by atoms with Crippen LogP contribution < -0.4 is 5.32 Å². The fourth-order valence-corrected chi connectivity index (χ4v) is 2.78. The second-order valence-corrected chi connectivity index (χ2v) is 5.73. The number of nitrogens with one attached hydrogen (secondary N) is 1. The van der Waals surface area contributed by atoms with Gasteiger partial charge < -0.3 is 14.8 Å². The highest BCUT2D eigenvalue weighted by molar-refractivity contribution is 4.91. The highest BCUT2D eigenvalue weighted by Gasteiger charge is 2.37. The molecule has 0 aromatic heterocycles. The van der Waals surface area contributed by atoms with Crippen LogP contribution in [0.3, 0.4) is 0 Å². The van der Waals surface area contributed by atoms with E-state index in [-0.39, 0.29) is 5.60 Å². The van der Waals surface area contributed by atoms with Gasteiger partial charge in [0.2, 0.25) is 0 Å². The Kier molecular flexibility index (Phi) is 4.42. The number of methoxy groups -OCH3 is 1. The number of hydrogen-bond acceptors (Lipinski definition) is 4. The Labute approximate surface area is 105 Å². The van der Waals surface area contributed by atoms with Crippen LogP contribution in [0.15, 0.2) is 0 Å². The van der Waals surface area contributed by atoms with E-state index in [1.165, 1.54) is 0 Å². The normalized spacial score (nSPS) is 35.6. The smallest absolute Gasteiger partial charge is 0.106 e. The molecule has 2 aliphatic rings. The summed E-state index contributed by atoms with van der Waals surface area (Å²) in [6.45, 7) is 10.5. The van der Waals surface area contributed by atoms with Gasteiger partial charge in [0.1, 0.15) is 5.60 Å². The second-order valence-electron chi connectivity index (χ2n) is 5.73. The minimum Gasteiger partial charge on any atom is -0.378 e. The molecule has 0 amide bonds. The van der Waals surface area contributed by atoms with E-state index in [9.17, 15) is 0 Å². The van der Waals surface area contributed by atoms with E-state index in [2.05, 4.69) is 24.1 Å². The highest BCUT2D eigenvalue weighted by Crippen LogP contribution is 2.24. The Hall–Kier alpha value is -0.160. The van der Waals surface area contributed by atoms with Gasteiger partial charge in [-0.15, -0.1) is 0 Å². The Morgan fingerprint density at radius 1 is 1.53 bits per heavy atom. The van der Waals surface area contributed by atoms with E-state index in [1.54, 1.807) is 0 Å². The van der Waals surface area contributed by atoms with Crippen molar-refractivity contribution in [3.05, 3.63) is 0 Å². The van der Waals surface area contributed by atoms with Gasteiger partial charge in [0.15, 0.2) is 0 Å². The number of piperazine rings is 1. The van der Waals surface area contributed by atoms with Crippen LogP contribution in [-0.4, -0.2) is 63.0 Å². The molecule has 100 valence electrons. The van der Waals surface area contributed by atoms with Crippen molar-refractivity contribution in [2.75, 3.05) is 46.5 Å². The van der Waals surface area contributed by atoms with Crippen molar-refractivity contribution in [1.82, 2.24) is 10.2 Å². The molecular weight excluding hydrogens is 216 g/mol. The van der Waals surface area contributed by atoms with Crippen LogP contribution in [-0.2, 0) is 9.47 Å². The largest absolute Gasteiger partial charge is 0.378 e. The molecule has 0 radical (unpaired) electrons. The van der Waals surface area contributed by atoms with Crippen molar-refractivity contribution in [2.45, 2.75) is 31.9 Å². The molecule has 17 heavy (non-hydrogen) atoms. The van der Waals surface area contributed by atoms with Gasteiger partial charge in [0.05, 0.1) is 6.61 Å². The molecule has 0 aromatic carbocycles. The molecule has 2 atom stereocenters. The minimum atomic E-state index is -0.0567. The average Bonchev–Trinajstić information content (AvgIpc) is 2.78. The Morgan fingerprint density at radius 2 is 2.35 bits per heavy atom. The summed E-state index contributed by atoms with van der Waals surface area (Å²) < 4.78 is 11.2. The molecule has 0 aromatic rings. The van der Waals surface area contributed by atoms with Crippen LogP contribution in [0, 0.1) is 5.92 Å². The van der Waals surface area contributed by atoms with Gasteiger partial charge in [-0.1, -0.05) is 13.8 Å². The monoisotopic (exact) mass is 242 g/mol. The van der Waals surface area contributed by atoms with Crippen LogP contribution in [0.4, 0.5) is 0 Å². The lowest BCUT2D eigenvalue weighted by Gasteiger charge is -2.40. The third-order valence-corrected chi connectivity index (χ3v) is 4.11. The molecule has 2 fully saturated rings. The van der Waals surface area contributed by atoms with E-state index < -0.39 is 0 Å². The van der Waals surface area contributed by atoms with Crippen molar-refractivity contribution >= 4 is 0 Å². The lowest BCUT2D eigenvalue weighted by molar-refractivity contribution is -0.0460. The molecule has 2 rings (SSSR count).